The number of hydrogen-bond donors (Lipinski definition) is 0. The van der Waals surface area contributed by atoms with Gasteiger partial charge in [0.25, 0.3) is 0 Å². The minimum atomic E-state index is -1.76. The first-order valence-electron chi connectivity index (χ1n) is 17.3. The highest BCUT2D eigenvalue weighted by atomic mass is 79.9. The van der Waals surface area contributed by atoms with Crippen molar-refractivity contribution >= 4 is 57.7 Å². The van der Waals surface area contributed by atoms with Crippen LogP contribution in [0.1, 0.15) is 87.0 Å². The van der Waals surface area contributed by atoms with Gasteiger partial charge in [0.15, 0.2) is 43.1 Å². The number of esters is 7. The molecule has 0 aromatic rings. The van der Waals surface area contributed by atoms with E-state index in [9.17, 15) is 33.6 Å². The van der Waals surface area contributed by atoms with E-state index >= 15 is 0 Å². The van der Waals surface area contributed by atoms with Gasteiger partial charge in [-0.3, -0.25) is 33.6 Å². The fourth-order valence-electron chi connectivity index (χ4n) is 5.71. The van der Waals surface area contributed by atoms with Gasteiger partial charge < -0.3 is 52.1 Å². The molecule has 0 spiro atoms. The maximum absolute atomic E-state index is 12.6. The minimum Gasteiger partial charge on any atom is -0.463 e. The molecule has 0 aromatic carbocycles. The summed E-state index contributed by atoms with van der Waals surface area (Å²) in [5.74, 6) is -5.68. The monoisotopic (exact) mass is 826 g/mol. The third-order valence-electron chi connectivity index (χ3n) is 7.70. The van der Waals surface area contributed by atoms with Gasteiger partial charge in [0.05, 0.1) is 0 Å². The number of ether oxygens (including phenoxy) is 11. The van der Waals surface area contributed by atoms with Crippen molar-refractivity contribution in [2.75, 3.05) is 25.2 Å². The molecule has 0 amide bonds. The molecule has 0 radical (unpaired) electrons. The van der Waals surface area contributed by atoms with Gasteiger partial charge in [0, 0.05) is 60.4 Å². The fraction of sp³-hybridized carbons (Fsp3) is 0.794. The maximum Gasteiger partial charge on any atom is 0.303 e. The van der Waals surface area contributed by atoms with E-state index in [0.29, 0.717) is 6.42 Å². The number of rotatable bonds is 20. The number of halogens is 1. The molecule has 2 aliphatic rings. The van der Waals surface area contributed by atoms with E-state index in [-0.39, 0.29) is 6.61 Å². The van der Waals surface area contributed by atoms with Crippen molar-refractivity contribution in [3.63, 3.8) is 0 Å². The van der Waals surface area contributed by atoms with Crippen molar-refractivity contribution in [2.24, 2.45) is 0 Å². The molecular formula is C34H51BrO18. The molecule has 53 heavy (non-hydrogen) atoms. The normalized spacial score (nSPS) is 28.2. The van der Waals surface area contributed by atoms with Crippen LogP contribution in [0, 0.1) is 0 Å². The van der Waals surface area contributed by atoms with Crippen molar-refractivity contribution in [1.29, 1.82) is 0 Å². The van der Waals surface area contributed by atoms with Gasteiger partial charge in [0.1, 0.15) is 31.5 Å². The zero-order valence-electron chi connectivity index (χ0n) is 31.1. The standard InChI is InChI=1S/C34H51BrO18/c1-18(36)44-16-25-27(46-20(3)38)29(47-21(4)39)32(50-24(7)42)34(52-25)53-28-26(17-45-19(2)37)51-33(43-15-13-11-9-8-10-12-14-35)31(49-23(6)41)30(28)48-22(5)40/h25-34H,8-17H2,1-7H3/t25-,26-,27+,28-,29+,30+,31-,32-,33-,34+/m1/s1. The molecule has 0 N–H and O–H groups in total. The minimum absolute atomic E-state index is 0.166. The molecule has 0 bridgehead atoms. The third-order valence-corrected chi connectivity index (χ3v) is 8.26. The summed E-state index contributed by atoms with van der Waals surface area (Å²) in [6, 6.07) is 0. The molecule has 2 heterocycles. The molecule has 0 aliphatic carbocycles. The van der Waals surface area contributed by atoms with Crippen LogP contribution in [0.5, 0.6) is 0 Å². The zero-order valence-corrected chi connectivity index (χ0v) is 32.7. The Labute approximate surface area is 316 Å². The number of carbonyl (C=O) groups is 7. The van der Waals surface area contributed by atoms with Crippen molar-refractivity contribution in [2.45, 2.75) is 148 Å². The zero-order chi connectivity index (χ0) is 39.7. The lowest BCUT2D eigenvalue weighted by Crippen LogP contribution is -2.67. The molecule has 2 aliphatic heterocycles. The second-order valence-corrected chi connectivity index (χ2v) is 13.1. The Kier molecular flexibility index (Phi) is 20.2. The fourth-order valence-corrected chi connectivity index (χ4v) is 6.11. The van der Waals surface area contributed by atoms with Gasteiger partial charge in [-0.15, -0.1) is 0 Å². The quantitative estimate of drug-likeness (QED) is 0.0744. The summed E-state index contributed by atoms with van der Waals surface area (Å²) < 4.78 is 62.6. The molecule has 2 fully saturated rings. The van der Waals surface area contributed by atoms with E-state index in [4.69, 9.17) is 52.1 Å². The molecule has 0 unspecified atom stereocenters. The number of carbonyl (C=O) groups excluding carboxylic acids is 7. The second kappa shape index (κ2) is 23.4. The Bertz CT molecular complexity index is 1240. The Morgan fingerprint density at radius 1 is 0.453 bits per heavy atom. The van der Waals surface area contributed by atoms with E-state index in [2.05, 4.69) is 15.9 Å². The lowest BCUT2D eigenvalue weighted by atomic mass is 9.96. The SMILES string of the molecule is CC(=O)OC[C@H]1O[C@@H](O[C@H]2[C@H](OC(C)=O)[C@@H](OC(C)=O)[C@H](OCCCCCCCCBr)O[C@@H]2COC(C)=O)[C@H](OC(C)=O)[C@@H](OC(C)=O)[C@H]1OC(C)=O. The molecule has 0 aromatic heterocycles. The van der Waals surface area contributed by atoms with Crippen LogP contribution in [0.25, 0.3) is 0 Å². The van der Waals surface area contributed by atoms with Crippen molar-refractivity contribution < 1.29 is 85.7 Å². The van der Waals surface area contributed by atoms with E-state index < -0.39 is 116 Å². The van der Waals surface area contributed by atoms with Crippen LogP contribution < -0.4 is 0 Å². The molecule has 18 nitrogen and oxygen atoms in total. The van der Waals surface area contributed by atoms with Crippen molar-refractivity contribution in [3.8, 4) is 0 Å². The molecule has 302 valence electrons. The van der Waals surface area contributed by atoms with Gasteiger partial charge in [-0.05, 0) is 12.8 Å². The van der Waals surface area contributed by atoms with Gasteiger partial charge in [-0.25, -0.2) is 0 Å². The predicted octanol–water partition coefficient (Wildman–Crippen LogP) is 2.36. The third kappa shape index (κ3) is 16.3. The van der Waals surface area contributed by atoms with Crippen molar-refractivity contribution in [3.05, 3.63) is 0 Å². The predicted molar refractivity (Wildman–Crippen MR) is 181 cm³/mol. The summed E-state index contributed by atoms with van der Waals surface area (Å²) in [5, 5.41) is 0.934. The van der Waals surface area contributed by atoms with Gasteiger partial charge in [-0.2, -0.15) is 0 Å². The Hall–Kier alpha value is -3.39. The topological polar surface area (TPSA) is 221 Å². The van der Waals surface area contributed by atoms with E-state index in [0.717, 1.165) is 85.9 Å². The number of unbranched alkanes of at least 4 members (excludes halogenated alkanes) is 5. The van der Waals surface area contributed by atoms with Crippen LogP contribution in [0.15, 0.2) is 0 Å². The van der Waals surface area contributed by atoms with Crippen LogP contribution in [0.2, 0.25) is 0 Å². The van der Waals surface area contributed by atoms with Crippen LogP contribution in [-0.2, 0) is 85.7 Å². The molecule has 19 heteroatoms. The summed E-state index contributed by atoms with van der Waals surface area (Å²) >= 11 is 3.42. The average Bonchev–Trinajstić information content (AvgIpc) is 3.04. The van der Waals surface area contributed by atoms with Crippen molar-refractivity contribution in [1.82, 2.24) is 0 Å². The van der Waals surface area contributed by atoms with Crippen LogP contribution >= 0.6 is 15.9 Å². The Morgan fingerprint density at radius 3 is 1.30 bits per heavy atom. The average molecular weight is 828 g/mol. The molecule has 0 saturated carbocycles. The lowest BCUT2D eigenvalue weighted by Gasteiger charge is -2.48. The van der Waals surface area contributed by atoms with E-state index in [1.807, 2.05) is 0 Å². The first-order valence-corrected chi connectivity index (χ1v) is 18.4. The van der Waals surface area contributed by atoms with Gasteiger partial charge in [-0.1, -0.05) is 41.6 Å². The summed E-state index contributed by atoms with van der Waals surface area (Å²) in [4.78, 5) is 85.6. The molecule has 10 atom stereocenters. The van der Waals surface area contributed by atoms with Crippen LogP contribution in [0.4, 0.5) is 0 Å². The van der Waals surface area contributed by atoms with Gasteiger partial charge >= 0.3 is 41.8 Å². The highest BCUT2D eigenvalue weighted by Gasteiger charge is 2.57. The molecular weight excluding hydrogens is 776 g/mol. The largest absolute Gasteiger partial charge is 0.463 e. The Morgan fingerprint density at radius 2 is 0.830 bits per heavy atom. The number of alkyl halides is 1. The van der Waals surface area contributed by atoms with Crippen LogP contribution in [-0.4, -0.2) is 128 Å². The van der Waals surface area contributed by atoms with E-state index in [1.54, 1.807) is 0 Å². The summed E-state index contributed by atoms with van der Waals surface area (Å²) in [6.45, 7) is 6.77. The van der Waals surface area contributed by atoms with E-state index in [1.165, 1.54) is 0 Å². The second-order valence-electron chi connectivity index (χ2n) is 12.3. The highest BCUT2D eigenvalue weighted by molar-refractivity contribution is 9.09. The van der Waals surface area contributed by atoms with Crippen LogP contribution in [0.3, 0.4) is 0 Å². The molecule has 2 saturated heterocycles. The number of hydrogen-bond acceptors (Lipinski definition) is 18. The maximum atomic E-state index is 12.6. The first kappa shape index (κ1) is 45.8. The lowest BCUT2D eigenvalue weighted by molar-refractivity contribution is -0.361. The summed E-state index contributed by atoms with van der Waals surface area (Å²) in [5.41, 5.74) is 0. The Balaban J connectivity index is 2.59. The summed E-state index contributed by atoms with van der Waals surface area (Å²) in [7, 11) is 0. The smallest absolute Gasteiger partial charge is 0.303 e. The summed E-state index contributed by atoms with van der Waals surface area (Å²) in [6.07, 6.45) is -9.43. The first-order chi connectivity index (χ1) is 25.0. The van der Waals surface area contributed by atoms with Gasteiger partial charge in [0.2, 0.25) is 0 Å². The molecule has 2 rings (SSSR count). The highest BCUT2D eigenvalue weighted by Crippen LogP contribution is 2.35.